The summed E-state index contributed by atoms with van der Waals surface area (Å²) < 4.78 is 28.7. The molecule has 1 heterocycles. The minimum atomic E-state index is -3.58. The number of nitrogen functional groups attached to an aromatic ring is 1. The van der Waals surface area contributed by atoms with Crippen molar-refractivity contribution in [2.75, 3.05) is 5.73 Å². The predicted octanol–water partition coefficient (Wildman–Crippen LogP) is 0.859. The Bertz CT molecular complexity index is 500. The topological polar surface area (TPSA) is 90.0 Å². The fourth-order valence-corrected chi connectivity index (χ4v) is 3.66. The highest BCUT2D eigenvalue weighted by molar-refractivity contribution is 7.89. The van der Waals surface area contributed by atoms with Gasteiger partial charge in [0.1, 0.15) is 0 Å². The van der Waals surface area contributed by atoms with Crippen molar-refractivity contribution >= 4 is 15.8 Å². The van der Waals surface area contributed by atoms with Gasteiger partial charge in [-0.05, 0) is 18.8 Å². The molecule has 1 saturated carbocycles. The first kappa shape index (κ1) is 13.4. The van der Waals surface area contributed by atoms with Gasteiger partial charge >= 0.3 is 0 Å². The summed E-state index contributed by atoms with van der Waals surface area (Å²) in [6.07, 6.45) is 5.53. The van der Waals surface area contributed by atoms with Crippen LogP contribution in [0.4, 0.5) is 5.82 Å². The number of rotatable bonds is 6. The van der Waals surface area contributed by atoms with E-state index in [0.29, 0.717) is 5.92 Å². The van der Waals surface area contributed by atoms with Crippen LogP contribution in [-0.2, 0) is 17.1 Å². The molecule has 1 aromatic rings. The number of imidazole rings is 1. The second kappa shape index (κ2) is 4.89. The van der Waals surface area contributed by atoms with Gasteiger partial charge in [-0.3, -0.25) is 0 Å². The monoisotopic (exact) mass is 272 g/mol. The molecule has 1 aliphatic carbocycles. The Labute approximate surface area is 108 Å². The van der Waals surface area contributed by atoms with Crippen molar-refractivity contribution in [1.82, 2.24) is 14.3 Å². The van der Waals surface area contributed by atoms with E-state index in [0.717, 1.165) is 12.8 Å². The van der Waals surface area contributed by atoms with Crippen molar-refractivity contribution in [2.24, 2.45) is 13.0 Å². The summed E-state index contributed by atoms with van der Waals surface area (Å²) in [6, 6.07) is -0.0169. The highest BCUT2D eigenvalue weighted by Gasteiger charge is 2.29. The first-order valence-corrected chi connectivity index (χ1v) is 7.71. The van der Waals surface area contributed by atoms with Crippen LogP contribution in [0.25, 0.3) is 0 Å². The summed E-state index contributed by atoms with van der Waals surface area (Å²) in [4.78, 5) is 3.81. The van der Waals surface area contributed by atoms with Crippen LogP contribution in [0.2, 0.25) is 0 Å². The summed E-state index contributed by atoms with van der Waals surface area (Å²) in [6.45, 7) is 1.99. The minimum absolute atomic E-state index is 0.0169. The zero-order chi connectivity index (χ0) is 13.3. The SMILES string of the molecule is CCC(CC1CC1)NS(=O)(=O)c1c(N)ncn1C. The van der Waals surface area contributed by atoms with E-state index >= 15 is 0 Å². The molecule has 6 nitrogen and oxygen atoms in total. The second-order valence-corrected chi connectivity index (χ2v) is 6.58. The number of aryl methyl sites for hydroxylation is 1. The fraction of sp³-hybridized carbons (Fsp3) is 0.727. The van der Waals surface area contributed by atoms with Gasteiger partial charge in [-0.25, -0.2) is 18.1 Å². The Morgan fingerprint density at radius 2 is 2.28 bits per heavy atom. The van der Waals surface area contributed by atoms with Crippen LogP contribution in [-0.4, -0.2) is 24.0 Å². The number of nitrogens with two attached hydrogens (primary N) is 1. The number of hydrogen-bond acceptors (Lipinski definition) is 4. The van der Waals surface area contributed by atoms with Crippen LogP contribution in [0, 0.1) is 5.92 Å². The normalized spacial score (nSPS) is 17.9. The van der Waals surface area contributed by atoms with E-state index in [4.69, 9.17) is 5.73 Å². The lowest BCUT2D eigenvalue weighted by Gasteiger charge is -2.17. The Hall–Kier alpha value is -1.08. The van der Waals surface area contributed by atoms with Gasteiger partial charge in [0.15, 0.2) is 10.8 Å². The summed E-state index contributed by atoms with van der Waals surface area (Å²) in [5.74, 6) is 0.729. The quantitative estimate of drug-likeness (QED) is 0.803. The molecule has 0 aliphatic heterocycles. The number of nitrogens with zero attached hydrogens (tertiary/aromatic N) is 2. The van der Waals surface area contributed by atoms with Gasteiger partial charge in [0.25, 0.3) is 10.0 Å². The molecule has 3 N–H and O–H groups in total. The molecule has 18 heavy (non-hydrogen) atoms. The van der Waals surface area contributed by atoms with Crippen molar-refractivity contribution in [3.63, 3.8) is 0 Å². The van der Waals surface area contributed by atoms with Gasteiger partial charge in [-0.2, -0.15) is 0 Å². The van der Waals surface area contributed by atoms with E-state index in [2.05, 4.69) is 9.71 Å². The highest BCUT2D eigenvalue weighted by Crippen LogP contribution is 2.34. The Balaban J connectivity index is 2.15. The van der Waals surface area contributed by atoms with E-state index in [1.807, 2.05) is 6.92 Å². The number of aromatic nitrogens is 2. The van der Waals surface area contributed by atoms with E-state index in [1.54, 1.807) is 7.05 Å². The number of hydrogen-bond donors (Lipinski definition) is 2. The van der Waals surface area contributed by atoms with Crippen molar-refractivity contribution in [3.05, 3.63) is 6.33 Å². The molecule has 0 amide bonds. The summed E-state index contributed by atoms with van der Waals surface area (Å²) in [7, 11) is -1.96. The molecular formula is C11H20N4O2S. The average molecular weight is 272 g/mol. The van der Waals surface area contributed by atoms with Crippen LogP contribution < -0.4 is 10.5 Å². The largest absolute Gasteiger partial charge is 0.381 e. The molecular weight excluding hydrogens is 252 g/mol. The molecule has 1 fully saturated rings. The molecule has 0 aromatic carbocycles. The standard InChI is InChI=1S/C11H20N4O2S/c1-3-9(6-8-4-5-8)14-18(16,17)11-10(12)13-7-15(11)2/h7-9,14H,3-6,12H2,1-2H3. The van der Waals surface area contributed by atoms with Gasteiger partial charge in [0.2, 0.25) is 0 Å². The lowest BCUT2D eigenvalue weighted by molar-refractivity contribution is 0.492. The predicted molar refractivity (Wildman–Crippen MR) is 69.4 cm³/mol. The lowest BCUT2D eigenvalue weighted by atomic mass is 10.1. The Morgan fingerprint density at radius 3 is 2.72 bits per heavy atom. The minimum Gasteiger partial charge on any atom is -0.381 e. The first-order valence-electron chi connectivity index (χ1n) is 6.23. The van der Waals surface area contributed by atoms with Crippen molar-refractivity contribution in [3.8, 4) is 0 Å². The summed E-state index contributed by atoms with van der Waals surface area (Å²) in [5, 5.41) is 0.0525. The zero-order valence-electron chi connectivity index (χ0n) is 10.8. The maximum atomic E-state index is 12.3. The van der Waals surface area contributed by atoms with Crippen LogP contribution in [0.15, 0.2) is 11.4 Å². The van der Waals surface area contributed by atoms with Gasteiger partial charge in [-0.15, -0.1) is 0 Å². The van der Waals surface area contributed by atoms with Crippen molar-refractivity contribution in [2.45, 2.75) is 43.7 Å². The van der Waals surface area contributed by atoms with E-state index in [9.17, 15) is 8.42 Å². The van der Waals surface area contributed by atoms with Crippen LogP contribution in [0.1, 0.15) is 32.6 Å². The van der Waals surface area contributed by atoms with Gasteiger partial charge in [0.05, 0.1) is 6.33 Å². The highest BCUT2D eigenvalue weighted by atomic mass is 32.2. The number of sulfonamides is 1. The molecule has 0 radical (unpaired) electrons. The second-order valence-electron chi connectivity index (χ2n) is 4.95. The molecule has 1 unspecified atom stereocenters. The maximum Gasteiger partial charge on any atom is 0.260 e. The molecule has 0 bridgehead atoms. The average Bonchev–Trinajstić information content (AvgIpc) is 3.02. The third kappa shape index (κ3) is 2.84. The van der Waals surface area contributed by atoms with Crippen LogP contribution >= 0.6 is 0 Å². The van der Waals surface area contributed by atoms with E-state index < -0.39 is 10.0 Å². The molecule has 0 saturated heterocycles. The van der Waals surface area contributed by atoms with Crippen LogP contribution in [0.3, 0.4) is 0 Å². The molecule has 7 heteroatoms. The molecule has 1 atom stereocenters. The lowest BCUT2D eigenvalue weighted by Crippen LogP contribution is -2.36. The molecule has 102 valence electrons. The Kier molecular flexibility index (Phi) is 3.63. The first-order chi connectivity index (χ1) is 8.44. The molecule has 1 aliphatic rings. The number of anilines is 1. The smallest absolute Gasteiger partial charge is 0.260 e. The van der Waals surface area contributed by atoms with E-state index in [1.165, 1.54) is 23.7 Å². The van der Waals surface area contributed by atoms with Crippen LogP contribution in [0.5, 0.6) is 0 Å². The van der Waals surface area contributed by atoms with Gasteiger partial charge in [-0.1, -0.05) is 19.8 Å². The van der Waals surface area contributed by atoms with Crippen molar-refractivity contribution < 1.29 is 8.42 Å². The fourth-order valence-electron chi connectivity index (χ4n) is 2.09. The third-order valence-electron chi connectivity index (χ3n) is 3.29. The summed E-state index contributed by atoms with van der Waals surface area (Å²) >= 11 is 0. The molecule has 1 aromatic heterocycles. The molecule has 0 spiro atoms. The van der Waals surface area contributed by atoms with E-state index in [-0.39, 0.29) is 16.9 Å². The maximum absolute atomic E-state index is 12.3. The van der Waals surface area contributed by atoms with Gasteiger partial charge < -0.3 is 10.3 Å². The number of nitrogens with one attached hydrogen (secondary N) is 1. The van der Waals surface area contributed by atoms with Gasteiger partial charge in [0, 0.05) is 13.1 Å². The van der Waals surface area contributed by atoms with Crippen molar-refractivity contribution in [1.29, 1.82) is 0 Å². The third-order valence-corrected chi connectivity index (χ3v) is 4.94. The Morgan fingerprint density at radius 1 is 1.61 bits per heavy atom. The molecule has 2 rings (SSSR count). The zero-order valence-corrected chi connectivity index (χ0v) is 11.6. The summed E-state index contributed by atoms with van der Waals surface area (Å²) in [5.41, 5.74) is 5.61.